The van der Waals surface area contributed by atoms with Crippen LogP contribution in [0.1, 0.15) is 11.1 Å². The Labute approximate surface area is 95.1 Å². The number of aryl methyl sites for hydroxylation is 2. The van der Waals surface area contributed by atoms with Crippen molar-refractivity contribution >= 4 is 11.4 Å². The summed E-state index contributed by atoms with van der Waals surface area (Å²) in [5.41, 5.74) is 5.29. The standard InChI is InChI=1S/C14H10N2/c1-9-5-10(2)12-7-11(15-3)8-13(12)14(6-9)16-4/h5-8H,1-2H3. The monoisotopic (exact) mass is 206 g/mol. The Kier molecular flexibility index (Phi) is 2.35. The van der Waals surface area contributed by atoms with Crippen LogP contribution in [0.2, 0.25) is 0 Å². The average Bonchev–Trinajstić information content (AvgIpc) is 2.65. The van der Waals surface area contributed by atoms with Crippen LogP contribution in [0.5, 0.6) is 0 Å². The third-order valence-electron chi connectivity index (χ3n) is 2.63. The molecule has 0 heterocycles. The lowest BCUT2D eigenvalue weighted by Gasteiger charge is -1.97. The number of nitrogens with zero attached hydrogens (tertiary/aromatic N) is 2. The van der Waals surface area contributed by atoms with E-state index in [2.05, 4.69) is 9.69 Å². The molecule has 0 bridgehead atoms. The van der Waals surface area contributed by atoms with E-state index in [1.54, 1.807) is 6.07 Å². The molecule has 0 radical (unpaired) electrons. The fraction of sp³-hybridized carbons (Fsp3) is 0.143. The van der Waals surface area contributed by atoms with Gasteiger partial charge in [-0.05, 0) is 36.6 Å². The highest BCUT2D eigenvalue weighted by molar-refractivity contribution is 5.87. The molecule has 2 nitrogen and oxygen atoms in total. The molecule has 0 saturated carbocycles. The predicted molar refractivity (Wildman–Crippen MR) is 65.1 cm³/mol. The van der Waals surface area contributed by atoms with Gasteiger partial charge in [-0.1, -0.05) is 23.8 Å². The zero-order valence-electron chi connectivity index (χ0n) is 9.20. The van der Waals surface area contributed by atoms with Gasteiger partial charge in [0.15, 0.2) is 11.4 Å². The fourth-order valence-corrected chi connectivity index (χ4v) is 1.94. The fourth-order valence-electron chi connectivity index (χ4n) is 1.94. The molecule has 0 aromatic heterocycles. The summed E-state index contributed by atoms with van der Waals surface area (Å²) < 4.78 is 0. The van der Waals surface area contributed by atoms with E-state index in [1.165, 1.54) is 0 Å². The summed E-state index contributed by atoms with van der Waals surface area (Å²) in [7, 11) is 0. The Morgan fingerprint density at radius 2 is 1.56 bits per heavy atom. The van der Waals surface area contributed by atoms with Gasteiger partial charge in [-0.15, -0.1) is 0 Å². The summed E-state index contributed by atoms with van der Waals surface area (Å²) in [6.07, 6.45) is 0. The van der Waals surface area contributed by atoms with E-state index in [0.717, 1.165) is 22.3 Å². The lowest BCUT2D eigenvalue weighted by Crippen LogP contribution is -1.72. The van der Waals surface area contributed by atoms with Crippen molar-refractivity contribution in [3.63, 3.8) is 0 Å². The molecule has 0 fully saturated rings. The molecule has 0 amide bonds. The van der Waals surface area contributed by atoms with Crippen molar-refractivity contribution < 1.29 is 0 Å². The van der Waals surface area contributed by atoms with Gasteiger partial charge in [0.25, 0.3) is 0 Å². The van der Waals surface area contributed by atoms with Crippen LogP contribution in [0.25, 0.3) is 20.8 Å². The zero-order valence-corrected chi connectivity index (χ0v) is 9.20. The van der Waals surface area contributed by atoms with Crippen LogP contribution in [0, 0.1) is 27.0 Å². The topological polar surface area (TPSA) is 8.72 Å². The van der Waals surface area contributed by atoms with Gasteiger partial charge in [-0.2, -0.15) is 0 Å². The minimum Gasteiger partial charge on any atom is -0.238 e. The van der Waals surface area contributed by atoms with Crippen molar-refractivity contribution in [1.29, 1.82) is 0 Å². The Morgan fingerprint density at radius 1 is 0.875 bits per heavy atom. The Bertz CT molecular complexity index is 612. The van der Waals surface area contributed by atoms with Gasteiger partial charge >= 0.3 is 0 Å². The number of hydrogen-bond acceptors (Lipinski definition) is 0. The molecule has 0 aromatic carbocycles. The Balaban J connectivity index is 2.90. The summed E-state index contributed by atoms with van der Waals surface area (Å²) in [6.45, 7) is 18.2. The second kappa shape index (κ2) is 3.68. The van der Waals surface area contributed by atoms with Crippen LogP contribution in [-0.4, -0.2) is 0 Å². The molecule has 2 aliphatic rings. The van der Waals surface area contributed by atoms with E-state index in [1.807, 2.05) is 32.0 Å². The largest absolute Gasteiger partial charge is 0.238 e. The summed E-state index contributed by atoms with van der Waals surface area (Å²) >= 11 is 0. The third kappa shape index (κ3) is 1.51. The van der Waals surface area contributed by atoms with E-state index >= 15 is 0 Å². The van der Waals surface area contributed by atoms with Crippen molar-refractivity contribution in [3.05, 3.63) is 58.2 Å². The van der Waals surface area contributed by atoms with Crippen molar-refractivity contribution in [1.82, 2.24) is 0 Å². The van der Waals surface area contributed by atoms with E-state index in [4.69, 9.17) is 13.1 Å². The third-order valence-corrected chi connectivity index (χ3v) is 2.63. The molecule has 76 valence electrons. The predicted octanol–water partition coefficient (Wildman–Crippen LogP) is 4.51. The lowest BCUT2D eigenvalue weighted by atomic mass is 10.1. The molecule has 0 saturated heterocycles. The first-order chi connectivity index (χ1) is 7.65. The maximum Gasteiger partial charge on any atom is 0.193 e. The van der Waals surface area contributed by atoms with Gasteiger partial charge < -0.3 is 0 Å². The van der Waals surface area contributed by atoms with E-state index in [9.17, 15) is 0 Å². The maximum atomic E-state index is 7.19. The highest BCUT2D eigenvalue weighted by Crippen LogP contribution is 2.39. The van der Waals surface area contributed by atoms with Gasteiger partial charge in [-0.25, -0.2) is 9.69 Å². The van der Waals surface area contributed by atoms with Gasteiger partial charge in [0.2, 0.25) is 0 Å². The second-order valence-electron chi connectivity index (χ2n) is 3.87. The van der Waals surface area contributed by atoms with Gasteiger partial charge in [-0.3, -0.25) is 0 Å². The molecule has 2 heteroatoms. The zero-order chi connectivity index (χ0) is 11.7. The van der Waals surface area contributed by atoms with Crippen molar-refractivity contribution in [3.8, 4) is 11.1 Å². The maximum absolute atomic E-state index is 7.19. The van der Waals surface area contributed by atoms with Crippen molar-refractivity contribution in [2.24, 2.45) is 0 Å². The quantitative estimate of drug-likeness (QED) is 0.561. The smallest absolute Gasteiger partial charge is 0.193 e. The van der Waals surface area contributed by atoms with E-state index < -0.39 is 0 Å². The van der Waals surface area contributed by atoms with Crippen LogP contribution in [0.4, 0.5) is 11.4 Å². The number of rotatable bonds is 0. The first kappa shape index (κ1) is 10.2. The molecule has 0 aliphatic heterocycles. The van der Waals surface area contributed by atoms with Gasteiger partial charge in [0, 0.05) is 0 Å². The summed E-state index contributed by atoms with van der Waals surface area (Å²) in [4.78, 5) is 6.95. The van der Waals surface area contributed by atoms with Crippen LogP contribution in [-0.2, 0) is 0 Å². The molecule has 0 spiro atoms. The average molecular weight is 206 g/mol. The van der Waals surface area contributed by atoms with Gasteiger partial charge in [0.1, 0.15) is 0 Å². The molecule has 0 unspecified atom stereocenters. The molecule has 16 heavy (non-hydrogen) atoms. The normalized spacial score (nSPS) is 9.75. The highest BCUT2D eigenvalue weighted by Gasteiger charge is 2.12. The second-order valence-corrected chi connectivity index (χ2v) is 3.87. The summed E-state index contributed by atoms with van der Waals surface area (Å²) in [5, 5.41) is 0. The molecule has 2 rings (SSSR count). The van der Waals surface area contributed by atoms with E-state index in [0.29, 0.717) is 11.4 Å². The summed E-state index contributed by atoms with van der Waals surface area (Å²) in [5.74, 6) is 0. The minimum absolute atomic E-state index is 0.604. The summed E-state index contributed by atoms with van der Waals surface area (Å²) in [6, 6.07) is 7.56. The minimum atomic E-state index is 0.604. The Morgan fingerprint density at radius 3 is 2.19 bits per heavy atom. The first-order valence-corrected chi connectivity index (χ1v) is 4.95. The first-order valence-electron chi connectivity index (χ1n) is 4.95. The molecule has 2 aliphatic carbocycles. The molecule has 0 N–H and O–H groups in total. The van der Waals surface area contributed by atoms with Crippen LogP contribution in [0.15, 0.2) is 24.3 Å². The molecule has 0 atom stereocenters. The SMILES string of the molecule is [C-]#[N+]c1cc2c(C)cc(C)cc([N+]#[C-])c-2c1. The molecular formula is C14H10N2. The molecule has 0 aromatic rings. The Hall–Kier alpha value is -2.32. The number of fused-ring (bicyclic) bond motifs is 1. The van der Waals surface area contributed by atoms with Gasteiger partial charge in [0.05, 0.1) is 13.1 Å². The highest BCUT2D eigenvalue weighted by atomic mass is 14.7. The van der Waals surface area contributed by atoms with Crippen LogP contribution >= 0.6 is 0 Å². The van der Waals surface area contributed by atoms with Crippen molar-refractivity contribution in [2.45, 2.75) is 13.8 Å². The van der Waals surface area contributed by atoms with E-state index in [-0.39, 0.29) is 0 Å². The lowest BCUT2D eigenvalue weighted by molar-refractivity contribution is 1.44. The van der Waals surface area contributed by atoms with Crippen LogP contribution < -0.4 is 0 Å². The van der Waals surface area contributed by atoms with Crippen LogP contribution in [0.3, 0.4) is 0 Å². The van der Waals surface area contributed by atoms with Crippen molar-refractivity contribution in [2.75, 3.05) is 0 Å². The molecular weight excluding hydrogens is 196 g/mol. The number of hydrogen-bond donors (Lipinski definition) is 0.